The molecule has 0 saturated carbocycles. The highest BCUT2D eigenvalue weighted by Crippen LogP contribution is 2.47. The third-order valence-corrected chi connectivity index (χ3v) is 7.72. The van der Waals surface area contributed by atoms with Gasteiger partial charge in [0, 0.05) is 42.5 Å². The second-order valence-electron chi connectivity index (χ2n) is 7.90. The molecule has 0 aliphatic rings. The first-order valence-corrected chi connectivity index (χ1v) is 12.6. The summed E-state index contributed by atoms with van der Waals surface area (Å²) in [6.07, 6.45) is -1.16. The molecule has 4 rings (SSSR count). The number of hydrogen-bond acceptors (Lipinski definition) is 6. The van der Waals surface area contributed by atoms with E-state index in [0.717, 1.165) is 21.9 Å². The first kappa shape index (κ1) is 26.1. The van der Waals surface area contributed by atoms with E-state index in [2.05, 4.69) is 31.2 Å². The van der Waals surface area contributed by atoms with Crippen molar-refractivity contribution >= 4 is 44.2 Å². The summed E-state index contributed by atoms with van der Waals surface area (Å²) in [6.45, 7) is 0.352. The Morgan fingerprint density at radius 2 is 2.00 bits per heavy atom. The molecule has 12 heteroatoms. The van der Waals surface area contributed by atoms with E-state index in [-0.39, 0.29) is 36.6 Å². The molecular weight excluding hydrogens is 559 g/mol. The quantitative estimate of drug-likeness (QED) is 0.228. The zero-order chi connectivity index (χ0) is 25.9. The number of carbonyl (C=O) groups is 1. The SMILES string of the molecule is NCCOc1c(C(=O)N[C@H](CN)Cc2ccccc2C(F)(F)F)sc(-c2ccnc3[nH]ccc23)c1Br. The lowest BCUT2D eigenvalue weighted by atomic mass is 9.99. The number of carbonyl (C=O) groups excluding carboxylic acids is 1. The van der Waals surface area contributed by atoms with Gasteiger partial charge in [-0.3, -0.25) is 4.79 Å². The van der Waals surface area contributed by atoms with Gasteiger partial charge in [-0.05, 0) is 46.1 Å². The lowest BCUT2D eigenvalue weighted by Crippen LogP contribution is -2.42. The van der Waals surface area contributed by atoms with Gasteiger partial charge in [-0.25, -0.2) is 4.98 Å². The van der Waals surface area contributed by atoms with Gasteiger partial charge in [-0.2, -0.15) is 13.2 Å². The Hall–Kier alpha value is -2.93. The number of pyridine rings is 1. The van der Waals surface area contributed by atoms with Gasteiger partial charge in [0.25, 0.3) is 5.91 Å². The van der Waals surface area contributed by atoms with E-state index in [1.807, 2.05) is 12.1 Å². The van der Waals surface area contributed by atoms with Crippen LogP contribution in [0.4, 0.5) is 13.2 Å². The Kier molecular flexibility index (Phi) is 7.98. The van der Waals surface area contributed by atoms with E-state index in [1.54, 1.807) is 12.4 Å². The number of thiophene rings is 1. The molecule has 1 atom stereocenters. The molecule has 0 spiro atoms. The molecule has 36 heavy (non-hydrogen) atoms. The van der Waals surface area contributed by atoms with Crippen LogP contribution in [0.3, 0.4) is 0 Å². The van der Waals surface area contributed by atoms with Crippen molar-refractivity contribution in [2.45, 2.75) is 18.6 Å². The average molecular weight is 582 g/mol. The summed E-state index contributed by atoms with van der Waals surface area (Å²) in [6, 6.07) is 8.24. The molecule has 0 aliphatic heterocycles. The van der Waals surface area contributed by atoms with Crippen molar-refractivity contribution in [1.82, 2.24) is 15.3 Å². The normalized spacial score (nSPS) is 12.6. The Labute approximate surface area is 217 Å². The molecular formula is C24H23BrF3N5O2S. The molecule has 3 heterocycles. The molecule has 190 valence electrons. The van der Waals surface area contributed by atoms with Crippen LogP contribution in [-0.2, 0) is 12.6 Å². The van der Waals surface area contributed by atoms with Crippen LogP contribution in [0.25, 0.3) is 21.5 Å². The third kappa shape index (κ3) is 5.41. The Morgan fingerprint density at radius 3 is 2.72 bits per heavy atom. The lowest BCUT2D eigenvalue weighted by molar-refractivity contribution is -0.138. The molecule has 0 aliphatic carbocycles. The van der Waals surface area contributed by atoms with Crippen molar-refractivity contribution in [2.75, 3.05) is 19.7 Å². The number of aromatic nitrogens is 2. The summed E-state index contributed by atoms with van der Waals surface area (Å²) in [5, 5.41) is 3.64. The molecule has 4 aromatic rings. The van der Waals surface area contributed by atoms with Crippen LogP contribution >= 0.6 is 27.3 Å². The molecule has 0 fully saturated rings. The maximum absolute atomic E-state index is 13.4. The first-order valence-electron chi connectivity index (χ1n) is 11.0. The topological polar surface area (TPSA) is 119 Å². The minimum atomic E-state index is -4.51. The molecule has 0 unspecified atom stereocenters. The van der Waals surface area contributed by atoms with Crippen molar-refractivity contribution in [2.24, 2.45) is 11.5 Å². The molecule has 1 amide bonds. The van der Waals surface area contributed by atoms with Gasteiger partial charge in [0.1, 0.15) is 17.1 Å². The summed E-state index contributed by atoms with van der Waals surface area (Å²) < 4.78 is 46.7. The van der Waals surface area contributed by atoms with E-state index >= 15 is 0 Å². The number of nitrogens with zero attached hydrogens (tertiary/aromatic N) is 1. The number of aromatic amines is 1. The van der Waals surface area contributed by atoms with Crippen molar-refractivity contribution in [1.29, 1.82) is 0 Å². The second-order valence-corrected chi connectivity index (χ2v) is 9.72. The van der Waals surface area contributed by atoms with Crippen LogP contribution in [-0.4, -0.2) is 41.6 Å². The van der Waals surface area contributed by atoms with Gasteiger partial charge in [0.2, 0.25) is 0 Å². The molecule has 7 nitrogen and oxygen atoms in total. The zero-order valence-corrected chi connectivity index (χ0v) is 21.3. The minimum absolute atomic E-state index is 0.0509. The Bertz CT molecular complexity index is 1370. The minimum Gasteiger partial charge on any atom is -0.489 e. The summed E-state index contributed by atoms with van der Waals surface area (Å²) >= 11 is 4.76. The van der Waals surface area contributed by atoms with E-state index in [0.29, 0.717) is 15.9 Å². The van der Waals surface area contributed by atoms with Crippen molar-refractivity contribution < 1.29 is 22.7 Å². The molecule has 6 N–H and O–H groups in total. The van der Waals surface area contributed by atoms with Crippen LogP contribution in [0.5, 0.6) is 5.75 Å². The van der Waals surface area contributed by atoms with Gasteiger partial charge >= 0.3 is 6.18 Å². The number of halogens is 4. The van der Waals surface area contributed by atoms with E-state index in [1.165, 1.54) is 29.5 Å². The summed E-state index contributed by atoms with van der Waals surface area (Å²) in [5.74, 6) is -0.191. The molecule has 0 bridgehead atoms. The Balaban J connectivity index is 1.66. The predicted molar refractivity (Wildman–Crippen MR) is 137 cm³/mol. The van der Waals surface area contributed by atoms with Crippen molar-refractivity contribution in [3.05, 3.63) is 69.3 Å². The zero-order valence-electron chi connectivity index (χ0n) is 18.9. The summed E-state index contributed by atoms with van der Waals surface area (Å²) in [5.41, 5.74) is 12.3. The number of alkyl halides is 3. The molecule has 1 aromatic carbocycles. The summed E-state index contributed by atoms with van der Waals surface area (Å²) in [4.78, 5) is 21.7. The van der Waals surface area contributed by atoms with Gasteiger partial charge in [-0.1, -0.05) is 18.2 Å². The van der Waals surface area contributed by atoms with Gasteiger partial charge < -0.3 is 26.5 Å². The molecule has 0 radical (unpaired) electrons. The highest BCUT2D eigenvalue weighted by Gasteiger charge is 2.34. The highest BCUT2D eigenvalue weighted by molar-refractivity contribution is 9.10. The standard InChI is InChI=1S/C24H23BrF3N5O2S/c25-18-19(35-10-7-29)21(36-20(18)15-5-8-31-22-16(15)6-9-32-22)23(34)33-14(12-30)11-13-3-1-2-4-17(13)24(26,27)28/h1-6,8-9,14H,7,10-12,29-30H2,(H,31,32)(H,33,34)/t14-/m0/s1. The monoisotopic (exact) mass is 581 g/mol. The fourth-order valence-corrected chi connectivity index (χ4v) is 5.83. The number of benzene rings is 1. The molecule has 0 saturated heterocycles. The van der Waals surface area contributed by atoms with Gasteiger partial charge in [0.15, 0.2) is 5.75 Å². The number of fused-ring (bicyclic) bond motifs is 1. The number of nitrogens with one attached hydrogen (secondary N) is 2. The summed E-state index contributed by atoms with van der Waals surface area (Å²) in [7, 11) is 0. The van der Waals surface area contributed by atoms with Crippen LogP contribution < -0.4 is 21.5 Å². The maximum Gasteiger partial charge on any atom is 0.416 e. The van der Waals surface area contributed by atoms with Gasteiger partial charge in [-0.15, -0.1) is 11.3 Å². The number of amides is 1. The van der Waals surface area contributed by atoms with Crippen molar-refractivity contribution in [3.63, 3.8) is 0 Å². The molecule has 3 aromatic heterocycles. The van der Waals surface area contributed by atoms with Crippen LogP contribution in [0.15, 0.2) is 53.3 Å². The van der Waals surface area contributed by atoms with Crippen LogP contribution in [0.1, 0.15) is 20.8 Å². The fourth-order valence-electron chi connectivity index (χ4n) is 3.85. The first-order chi connectivity index (χ1) is 17.2. The number of H-pyrrole nitrogens is 1. The Morgan fingerprint density at radius 1 is 1.22 bits per heavy atom. The highest BCUT2D eigenvalue weighted by atomic mass is 79.9. The maximum atomic E-state index is 13.4. The van der Waals surface area contributed by atoms with Crippen LogP contribution in [0.2, 0.25) is 0 Å². The third-order valence-electron chi connectivity index (χ3n) is 5.49. The van der Waals surface area contributed by atoms with E-state index < -0.39 is 23.7 Å². The predicted octanol–water partition coefficient (Wildman–Crippen LogP) is 4.71. The second kappa shape index (κ2) is 11.0. The fraction of sp³-hybridized carbons (Fsp3) is 0.250. The smallest absolute Gasteiger partial charge is 0.416 e. The van der Waals surface area contributed by atoms with Gasteiger partial charge in [0.05, 0.1) is 14.9 Å². The van der Waals surface area contributed by atoms with E-state index in [4.69, 9.17) is 16.2 Å². The largest absolute Gasteiger partial charge is 0.489 e. The number of rotatable bonds is 9. The number of nitrogens with two attached hydrogens (primary N) is 2. The van der Waals surface area contributed by atoms with Crippen molar-refractivity contribution in [3.8, 4) is 16.2 Å². The average Bonchev–Trinajstić information content (AvgIpc) is 3.46. The van der Waals surface area contributed by atoms with E-state index in [9.17, 15) is 18.0 Å². The van der Waals surface area contributed by atoms with Crippen LogP contribution in [0, 0.1) is 0 Å². The lowest BCUT2D eigenvalue weighted by Gasteiger charge is -2.20. The number of ether oxygens (including phenoxy) is 1. The number of hydrogen-bond donors (Lipinski definition) is 4.